The minimum Gasteiger partial charge on any atom is -0.872 e. The van der Waals surface area contributed by atoms with Crippen molar-refractivity contribution in [2.75, 3.05) is 0 Å². The largest absolute Gasteiger partial charge is 1.00 e. The number of aryl methyl sites for hydroxylation is 1. The van der Waals surface area contributed by atoms with E-state index in [9.17, 15) is 13.5 Å². The van der Waals surface area contributed by atoms with Gasteiger partial charge in [0, 0.05) is 0 Å². The SMILES string of the molecule is Cc1cc([O-])cc(S(=O)(=O)O)c1.[Na+]. The summed E-state index contributed by atoms with van der Waals surface area (Å²) in [5.74, 6) is -0.428. The Morgan fingerprint density at radius 2 is 1.85 bits per heavy atom. The number of hydrogen-bond acceptors (Lipinski definition) is 3. The summed E-state index contributed by atoms with van der Waals surface area (Å²) in [5.41, 5.74) is 0.509. The Hall–Kier alpha value is -0.0700. The first-order chi connectivity index (χ1) is 5.39. The van der Waals surface area contributed by atoms with Gasteiger partial charge in [0.25, 0.3) is 10.1 Å². The first-order valence-corrected chi connectivity index (χ1v) is 4.60. The van der Waals surface area contributed by atoms with Crippen LogP contribution in [0.15, 0.2) is 23.1 Å². The van der Waals surface area contributed by atoms with Crippen molar-refractivity contribution in [2.45, 2.75) is 11.8 Å². The van der Waals surface area contributed by atoms with Gasteiger partial charge in [0.2, 0.25) is 0 Å². The second kappa shape index (κ2) is 4.43. The van der Waals surface area contributed by atoms with E-state index in [1.54, 1.807) is 6.92 Å². The molecule has 66 valence electrons. The summed E-state index contributed by atoms with van der Waals surface area (Å²) in [6.45, 7) is 1.58. The Morgan fingerprint density at radius 1 is 1.31 bits per heavy atom. The summed E-state index contributed by atoms with van der Waals surface area (Å²) in [5, 5.41) is 10.8. The van der Waals surface area contributed by atoms with Gasteiger partial charge in [-0.25, -0.2) is 0 Å². The average Bonchev–Trinajstić information content (AvgIpc) is 1.82. The molecule has 0 fully saturated rings. The monoisotopic (exact) mass is 210 g/mol. The summed E-state index contributed by atoms with van der Waals surface area (Å²) < 4.78 is 29.7. The second-order valence-electron chi connectivity index (χ2n) is 2.46. The Morgan fingerprint density at radius 3 is 2.23 bits per heavy atom. The molecule has 0 heterocycles. The Bertz CT molecular complexity index is 379. The van der Waals surface area contributed by atoms with Crippen molar-refractivity contribution in [3.63, 3.8) is 0 Å². The van der Waals surface area contributed by atoms with Crippen LogP contribution in [0.1, 0.15) is 5.56 Å². The molecule has 0 aromatic heterocycles. The first kappa shape index (κ1) is 12.9. The van der Waals surface area contributed by atoms with E-state index >= 15 is 0 Å². The average molecular weight is 210 g/mol. The van der Waals surface area contributed by atoms with Crippen LogP contribution in [-0.4, -0.2) is 13.0 Å². The quantitative estimate of drug-likeness (QED) is 0.405. The standard InChI is InChI=1S/C7H8O4S.Na/c1-5-2-6(8)4-7(3-5)12(9,10)11;/h2-4,8H,1H3,(H,9,10,11);/q;+1/p-1. The molecule has 0 saturated heterocycles. The molecule has 0 unspecified atom stereocenters. The van der Waals surface area contributed by atoms with Crippen LogP contribution in [0.2, 0.25) is 0 Å². The smallest absolute Gasteiger partial charge is 0.872 e. The van der Waals surface area contributed by atoms with E-state index < -0.39 is 15.9 Å². The summed E-state index contributed by atoms with van der Waals surface area (Å²) in [7, 11) is -4.25. The maximum atomic E-state index is 10.8. The van der Waals surface area contributed by atoms with Gasteiger partial charge in [-0.05, 0) is 19.1 Å². The molecule has 0 aliphatic carbocycles. The van der Waals surface area contributed by atoms with Crippen molar-refractivity contribution in [2.24, 2.45) is 0 Å². The molecule has 0 spiro atoms. The fourth-order valence-electron chi connectivity index (χ4n) is 0.863. The van der Waals surface area contributed by atoms with Crippen LogP contribution in [0, 0.1) is 6.92 Å². The van der Waals surface area contributed by atoms with Crippen molar-refractivity contribution >= 4 is 10.1 Å². The van der Waals surface area contributed by atoms with Crippen molar-refractivity contribution in [3.8, 4) is 5.75 Å². The third-order valence-electron chi connectivity index (χ3n) is 1.32. The van der Waals surface area contributed by atoms with E-state index in [-0.39, 0.29) is 34.5 Å². The predicted molar refractivity (Wildman–Crippen MR) is 40.4 cm³/mol. The van der Waals surface area contributed by atoms with E-state index in [1.165, 1.54) is 12.1 Å². The van der Waals surface area contributed by atoms with E-state index in [0.717, 1.165) is 6.07 Å². The number of hydrogen-bond donors (Lipinski definition) is 1. The van der Waals surface area contributed by atoms with Crippen molar-refractivity contribution < 1.29 is 47.6 Å². The molecule has 0 amide bonds. The Kier molecular flexibility index (Phi) is 4.41. The van der Waals surface area contributed by atoms with Gasteiger partial charge >= 0.3 is 29.6 Å². The predicted octanol–water partition coefficient (Wildman–Crippen LogP) is -2.68. The van der Waals surface area contributed by atoms with E-state index in [4.69, 9.17) is 4.55 Å². The molecule has 4 nitrogen and oxygen atoms in total. The topological polar surface area (TPSA) is 77.4 Å². The van der Waals surface area contributed by atoms with Crippen molar-refractivity contribution in [1.29, 1.82) is 0 Å². The van der Waals surface area contributed by atoms with Crippen molar-refractivity contribution in [1.82, 2.24) is 0 Å². The summed E-state index contributed by atoms with van der Waals surface area (Å²) in [4.78, 5) is -0.354. The van der Waals surface area contributed by atoms with Crippen LogP contribution in [0.4, 0.5) is 0 Å². The number of benzene rings is 1. The first-order valence-electron chi connectivity index (χ1n) is 3.16. The Labute approximate surface area is 98.6 Å². The third-order valence-corrected chi connectivity index (χ3v) is 2.15. The molecule has 1 N–H and O–H groups in total. The zero-order valence-corrected chi connectivity index (χ0v) is 10.1. The molecule has 1 aromatic carbocycles. The normalized spacial score (nSPS) is 10.6. The summed E-state index contributed by atoms with van der Waals surface area (Å²) in [6, 6.07) is 3.40. The summed E-state index contributed by atoms with van der Waals surface area (Å²) >= 11 is 0. The van der Waals surface area contributed by atoms with Gasteiger partial charge in [0.15, 0.2) is 0 Å². The van der Waals surface area contributed by atoms with E-state index in [0.29, 0.717) is 5.56 Å². The van der Waals surface area contributed by atoms with Crippen LogP contribution in [-0.2, 0) is 10.1 Å². The van der Waals surface area contributed by atoms with E-state index in [2.05, 4.69) is 0 Å². The molecule has 13 heavy (non-hydrogen) atoms. The van der Waals surface area contributed by atoms with Crippen LogP contribution >= 0.6 is 0 Å². The summed E-state index contributed by atoms with van der Waals surface area (Å²) in [6.07, 6.45) is 0. The van der Waals surface area contributed by atoms with Crippen molar-refractivity contribution in [3.05, 3.63) is 23.8 Å². The van der Waals surface area contributed by atoms with Crippen LogP contribution in [0.5, 0.6) is 5.75 Å². The van der Waals surface area contributed by atoms with Gasteiger partial charge in [0.1, 0.15) is 0 Å². The van der Waals surface area contributed by atoms with Gasteiger partial charge < -0.3 is 5.11 Å². The van der Waals surface area contributed by atoms with Gasteiger partial charge in [-0.1, -0.05) is 11.6 Å². The molecular formula is C7H7NaO4S. The molecule has 0 radical (unpaired) electrons. The van der Waals surface area contributed by atoms with E-state index in [1.807, 2.05) is 0 Å². The third kappa shape index (κ3) is 3.66. The maximum Gasteiger partial charge on any atom is 1.00 e. The maximum absolute atomic E-state index is 10.8. The molecule has 0 atom stereocenters. The molecule has 1 aromatic rings. The van der Waals surface area contributed by atoms with Gasteiger partial charge in [-0.15, -0.1) is 5.75 Å². The molecule has 0 aliphatic heterocycles. The zero-order chi connectivity index (χ0) is 9.35. The second-order valence-corrected chi connectivity index (χ2v) is 3.88. The fraction of sp³-hybridized carbons (Fsp3) is 0.143. The van der Waals surface area contributed by atoms with Gasteiger partial charge in [0.05, 0.1) is 4.90 Å². The number of rotatable bonds is 1. The molecule has 0 bridgehead atoms. The molecule has 0 aliphatic rings. The van der Waals surface area contributed by atoms with Gasteiger partial charge in [-0.2, -0.15) is 8.42 Å². The minimum absolute atomic E-state index is 0. The zero-order valence-electron chi connectivity index (χ0n) is 7.31. The minimum atomic E-state index is -4.25. The molecule has 1 rings (SSSR count). The molecular weight excluding hydrogens is 203 g/mol. The van der Waals surface area contributed by atoms with Crippen LogP contribution in [0.3, 0.4) is 0 Å². The van der Waals surface area contributed by atoms with Crippen LogP contribution in [0.25, 0.3) is 0 Å². The molecule has 0 saturated carbocycles. The van der Waals surface area contributed by atoms with Gasteiger partial charge in [-0.3, -0.25) is 4.55 Å². The molecule has 6 heteroatoms. The van der Waals surface area contributed by atoms with Crippen LogP contribution < -0.4 is 34.7 Å². The Balaban J connectivity index is 0.00000144. The fourth-order valence-corrected chi connectivity index (χ4v) is 1.46.